The van der Waals surface area contributed by atoms with Gasteiger partial charge in [-0.05, 0) is 36.8 Å². The third-order valence-electron chi connectivity index (χ3n) is 5.83. The Hall–Kier alpha value is -3.59. The second-order valence-corrected chi connectivity index (χ2v) is 8.02. The standard InChI is InChI=1S/C24H21F3N4O2/c1-15-10-11-30(19-4-2-3-5-20(19)33-24(25,26)27)23-22(15)29-21-9-7-17(13-31(21)23)16-6-8-18(14-32)28-12-16/h2-9,12-13,15,32H,10-11,14H2,1H3. The minimum Gasteiger partial charge on any atom is -0.404 e. The number of hydrogen-bond acceptors (Lipinski definition) is 5. The molecule has 0 amide bonds. The van der Waals surface area contributed by atoms with Crippen LogP contribution in [0.5, 0.6) is 5.75 Å². The molecule has 1 aliphatic heterocycles. The summed E-state index contributed by atoms with van der Waals surface area (Å²) in [5.41, 5.74) is 4.17. The molecule has 0 spiro atoms. The lowest BCUT2D eigenvalue weighted by Crippen LogP contribution is -2.28. The monoisotopic (exact) mass is 454 g/mol. The molecule has 0 fully saturated rings. The number of ether oxygens (including phenoxy) is 1. The zero-order chi connectivity index (χ0) is 23.2. The highest BCUT2D eigenvalue weighted by Gasteiger charge is 2.35. The summed E-state index contributed by atoms with van der Waals surface area (Å²) >= 11 is 0. The van der Waals surface area contributed by atoms with Crippen molar-refractivity contribution in [2.75, 3.05) is 11.4 Å². The number of imidazole rings is 1. The van der Waals surface area contributed by atoms with Gasteiger partial charge < -0.3 is 14.7 Å². The van der Waals surface area contributed by atoms with Crippen molar-refractivity contribution in [1.82, 2.24) is 14.4 Å². The molecule has 170 valence electrons. The van der Waals surface area contributed by atoms with Crippen molar-refractivity contribution in [1.29, 1.82) is 0 Å². The molecule has 0 saturated carbocycles. The minimum absolute atomic E-state index is 0.138. The first-order chi connectivity index (χ1) is 15.8. The number of nitrogens with zero attached hydrogens (tertiary/aromatic N) is 4. The molecule has 1 atom stereocenters. The Labute approximate surface area is 187 Å². The molecule has 4 heterocycles. The molecular weight excluding hydrogens is 433 g/mol. The number of aromatic nitrogens is 3. The van der Waals surface area contributed by atoms with Crippen molar-refractivity contribution in [3.63, 3.8) is 0 Å². The van der Waals surface area contributed by atoms with Gasteiger partial charge in [0.05, 0.1) is 23.7 Å². The number of alkyl halides is 3. The van der Waals surface area contributed by atoms with Gasteiger partial charge in [0.25, 0.3) is 0 Å². The predicted molar refractivity (Wildman–Crippen MR) is 118 cm³/mol. The van der Waals surface area contributed by atoms with Gasteiger partial charge in [0.1, 0.15) is 11.5 Å². The molecule has 6 nitrogen and oxygen atoms in total. The summed E-state index contributed by atoms with van der Waals surface area (Å²) in [5, 5.41) is 9.24. The summed E-state index contributed by atoms with van der Waals surface area (Å²) in [4.78, 5) is 10.9. The normalized spacial score (nSPS) is 16.2. The quantitative estimate of drug-likeness (QED) is 0.445. The van der Waals surface area contributed by atoms with Crippen molar-refractivity contribution in [2.24, 2.45) is 0 Å². The summed E-state index contributed by atoms with van der Waals surface area (Å²) in [6.07, 6.45) is -0.447. The van der Waals surface area contributed by atoms with Crippen molar-refractivity contribution < 1.29 is 23.0 Å². The number of para-hydroxylation sites is 2. The van der Waals surface area contributed by atoms with E-state index in [1.54, 1.807) is 24.4 Å². The van der Waals surface area contributed by atoms with E-state index in [0.29, 0.717) is 23.6 Å². The fourth-order valence-electron chi connectivity index (χ4n) is 4.20. The zero-order valence-corrected chi connectivity index (χ0v) is 17.8. The second-order valence-electron chi connectivity index (χ2n) is 8.02. The third-order valence-corrected chi connectivity index (χ3v) is 5.83. The van der Waals surface area contributed by atoms with E-state index in [-0.39, 0.29) is 18.3 Å². The molecule has 5 rings (SSSR count). The predicted octanol–water partition coefficient (Wildman–Crippen LogP) is 5.43. The van der Waals surface area contributed by atoms with Crippen molar-refractivity contribution in [2.45, 2.75) is 32.2 Å². The molecule has 1 unspecified atom stereocenters. The Morgan fingerprint density at radius 1 is 1.09 bits per heavy atom. The van der Waals surface area contributed by atoms with E-state index in [2.05, 4.69) is 16.6 Å². The first kappa shape index (κ1) is 21.3. The summed E-state index contributed by atoms with van der Waals surface area (Å²) in [5.74, 6) is 0.630. The van der Waals surface area contributed by atoms with Crippen LogP contribution >= 0.6 is 0 Å². The lowest BCUT2D eigenvalue weighted by atomic mass is 9.99. The maximum Gasteiger partial charge on any atom is 0.573 e. The SMILES string of the molecule is CC1CCN(c2ccccc2OC(F)(F)F)c2c1nc1ccc(-c3ccc(CO)nc3)cn21. The molecule has 1 aromatic carbocycles. The Morgan fingerprint density at radius 2 is 1.88 bits per heavy atom. The van der Waals surface area contributed by atoms with Gasteiger partial charge in [-0.2, -0.15) is 0 Å². The molecule has 0 radical (unpaired) electrons. The molecule has 4 aromatic rings. The first-order valence-electron chi connectivity index (χ1n) is 10.5. The van der Waals surface area contributed by atoms with E-state index >= 15 is 0 Å². The van der Waals surface area contributed by atoms with Crippen LogP contribution in [0.4, 0.5) is 24.7 Å². The number of aliphatic hydroxyl groups is 1. The minimum atomic E-state index is -4.79. The number of hydrogen-bond donors (Lipinski definition) is 1. The van der Waals surface area contributed by atoms with E-state index in [1.165, 1.54) is 12.1 Å². The highest BCUT2D eigenvalue weighted by molar-refractivity contribution is 5.74. The van der Waals surface area contributed by atoms with Crippen LogP contribution in [0.15, 0.2) is 60.9 Å². The fourth-order valence-corrected chi connectivity index (χ4v) is 4.20. The number of aliphatic hydroxyl groups excluding tert-OH is 1. The lowest BCUT2D eigenvalue weighted by Gasteiger charge is -2.32. The number of pyridine rings is 2. The van der Waals surface area contributed by atoms with Crippen LogP contribution < -0.4 is 9.64 Å². The number of rotatable bonds is 4. The summed E-state index contributed by atoms with van der Waals surface area (Å²) in [6, 6.07) is 13.6. The third kappa shape index (κ3) is 4.00. The fraction of sp³-hybridized carbons (Fsp3) is 0.250. The van der Waals surface area contributed by atoms with Gasteiger partial charge >= 0.3 is 6.36 Å². The van der Waals surface area contributed by atoms with Gasteiger partial charge in [-0.25, -0.2) is 4.98 Å². The Morgan fingerprint density at radius 3 is 2.61 bits per heavy atom. The molecular formula is C24H21F3N4O2. The molecule has 0 aliphatic carbocycles. The van der Waals surface area contributed by atoms with Crippen LogP contribution in [0.2, 0.25) is 0 Å². The van der Waals surface area contributed by atoms with E-state index < -0.39 is 6.36 Å². The van der Waals surface area contributed by atoms with Crippen LogP contribution in [-0.4, -0.2) is 32.4 Å². The van der Waals surface area contributed by atoms with Crippen LogP contribution in [-0.2, 0) is 6.61 Å². The van der Waals surface area contributed by atoms with Gasteiger partial charge in [-0.3, -0.25) is 9.38 Å². The molecule has 3 aromatic heterocycles. The molecule has 9 heteroatoms. The average molecular weight is 454 g/mol. The number of anilines is 2. The highest BCUT2D eigenvalue weighted by Crippen LogP contribution is 2.44. The number of halogens is 3. The Balaban J connectivity index is 1.65. The smallest absolute Gasteiger partial charge is 0.404 e. The molecule has 0 saturated heterocycles. The van der Waals surface area contributed by atoms with Crippen LogP contribution in [0, 0.1) is 0 Å². The average Bonchev–Trinajstić information content (AvgIpc) is 3.19. The van der Waals surface area contributed by atoms with E-state index in [0.717, 1.165) is 29.1 Å². The van der Waals surface area contributed by atoms with E-state index in [1.807, 2.05) is 33.7 Å². The van der Waals surface area contributed by atoms with Gasteiger partial charge in [-0.15, -0.1) is 13.2 Å². The van der Waals surface area contributed by atoms with E-state index in [4.69, 9.17) is 4.98 Å². The highest BCUT2D eigenvalue weighted by atomic mass is 19.4. The van der Waals surface area contributed by atoms with Crippen molar-refractivity contribution in [3.05, 3.63) is 72.3 Å². The molecule has 0 bridgehead atoms. The van der Waals surface area contributed by atoms with Crippen LogP contribution in [0.25, 0.3) is 16.8 Å². The van der Waals surface area contributed by atoms with Gasteiger partial charge in [0.2, 0.25) is 0 Å². The van der Waals surface area contributed by atoms with Gasteiger partial charge in [0, 0.05) is 36.0 Å². The number of fused-ring (bicyclic) bond motifs is 3. The topological polar surface area (TPSA) is 62.9 Å². The molecule has 33 heavy (non-hydrogen) atoms. The van der Waals surface area contributed by atoms with Crippen molar-refractivity contribution in [3.8, 4) is 16.9 Å². The summed E-state index contributed by atoms with van der Waals surface area (Å²) in [7, 11) is 0. The Bertz CT molecular complexity index is 1300. The van der Waals surface area contributed by atoms with Gasteiger partial charge in [-0.1, -0.05) is 25.1 Å². The molecule has 1 aliphatic rings. The number of benzene rings is 1. The lowest BCUT2D eigenvalue weighted by molar-refractivity contribution is -0.274. The largest absolute Gasteiger partial charge is 0.573 e. The van der Waals surface area contributed by atoms with Gasteiger partial charge in [0.15, 0.2) is 5.75 Å². The zero-order valence-electron chi connectivity index (χ0n) is 17.8. The maximum atomic E-state index is 13.1. The maximum absolute atomic E-state index is 13.1. The van der Waals surface area contributed by atoms with Crippen molar-refractivity contribution >= 4 is 17.2 Å². The Kier molecular flexibility index (Phi) is 5.20. The summed E-state index contributed by atoms with van der Waals surface area (Å²) in [6.45, 7) is 2.46. The molecule has 1 N–H and O–H groups in total. The second kappa shape index (κ2) is 8.08. The van der Waals surface area contributed by atoms with Crippen LogP contribution in [0.1, 0.15) is 30.7 Å². The first-order valence-corrected chi connectivity index (χ1v) is 10.5. The van der Waals surface area contributed by atoms with E-state index in [9.17, 15) is 18.3 Å². The van der Waals surface area contributed by atoms with Crippen LogP contribution in [0.3, 0.4) is 0 Å². The summed E-state index contributed by atoms with van der Waals surface area (Å²) < 4.78 is 45.4.